The number of nitrogens with zero attached hydrogens (tertiary/aromatic N) is 4. The van der Waals surface area contributed by atoms with Gasteiger partial charge in [-0.25, -0.2) is 0 Å². The zero-order valence-corrected chi connectivity index (χ0v) is 17.5. The van der Waals surface area contributed by atoms with Gasteiger partial charge >= 0.3 is 0 Å². The van der Waals surface area contributed by atoms with E-state index in [-0.39, 0.29) is 17.9 Å². The van der Waals surface area contributed by atoms with E-state index < -0.39 is 6.04 Å². The summed E-state index contributed by atoms with van der Waals surface area (Å²) in [7, 11) is 5.78. The number of carbonyl (C=O) groups excluding carboxylic acids is 1. The largest absolute Gasteiger partial charge is 0.497 e. The molecule has 1 aromatic carbocycles. The molecule has 4 heterocycles. The molecular weight excluding hydrogens is 380 g/mol. The molecule has 0 bridgehead atoms. The quantitative estimate of drug-likeness (QED) is 0.720. The summed E-state index contributed by atoms with van der Waals surface area (Å²) in [6, 6.07) is 9.27. The molecule has 0 radical (unpaired) electrons. The highest BCUT2D eigenvalue weighted by molar-refractivity contribution is 5.96. The maximum Gasteiger partial charge on any atom is 0.256 e. The van der Waals surface area contributed by atoms with Crippen molar-refractivity contribution in [1.29, 1.82) is 0 Å². The standard InChI is InChI=1S/C23H26N4O3/c1-25-12-23(13-25)14-27(22(29)15-5-4-8-24-10-15)19(11-28)21-20(23)17-7-6-16(30-3)9-18(17)26(21)2/h4-10,19,28H,11-14H2,1-3H3/t19-/m0/s1. The number of ether oxygens (including phenoxy) is 1. The first-order chi connectivity index (χ1) is 14.5. The van der Waals surface area contributed by atoms with Crippen molar-refractivity contribution in [3.8, 4) is 5.75 Å². The Labute approximate surface area is 175 Å². The summed E-state index contributed by atoms with van der Waals surface area (Å²) >= 11 is 0. The van der Waals surface area contributed by atoms with Gasteiger partial charge in [0.1, 0.15) is 5.75 Å². The third kappa shape index (κ3) is 2.58. The highest BCUT2D eigenvalue weighted by Crippen LogP contribution is 2.49. The van der Waals surface area contributed by atoms with Gasteiger partial charge in [-0.15, -0.1) is 0 Å². The van der Waals surface area contributed by atoms with Crippen molar-refractivity contribution in [3.05, 3.63) is 59.5 Å². The van der Waals surface area contributed by atoms with Crippen LogP contribution in [0.4, 0.5) is 0 Å². The minimum Gasteiger partial charge on any atom is -0.497 e. The number of likely N-dealkylation sites (N-methyl/N-ethyl adjacent to an activating group) is 1. The predicted molar refractivity (Wildman–Crippen MR) is 114 cm³/mol. The lowest BCUT2D eigenvalue weighted by atomic mass is 9.69. The van der Waals surface area contributed by atoms with Gasteiger partial charge in [-0.1, -0.05) is 0 Å². The van der Waals surface area contributed by atoms with Crippen LogP contribution >= 0.6 is 0 Å². The molecule has 7 nitrogen and oxygen atoms in total. The van der Waals surface area contributed by atoms with Gasteiger partial charge in [-0.2, -0.15) is 0 Å². The van der Waals surface area contributed by atoms with Crippen LogP contribution in [0.3, 0.4) is 0 Å². The molecule has 1 spiro atoms. The van der Waals surface area contributed by atoms with Crippen molar-refractivity contribution < 1.29 is 14.6 Å². The van der Waals surface area contributed by atoms with Crippen molar-refractivity contribution in [2.24, 2.45) is 7.05 Å². The zero-order chi connectivity index (χ0) is 21.0. The van der Waals surface area contributed by atoms with Gasteiger partial charge in [0, 0.05) is 61.6 Å². The van der Waals surface area contributed by atoms with E-state index in [0.717, 1.165) is 30.0 Å². The van der Waals surface area contributed by atoms with Gasteiger partial charge in [0.2, 0.25) is 0 Å². The van der Waals surface area contributed by atoms with Gasteiger partial charge in [-0.05, 0) is 36.9 Å². The Balaban J connectivity index is 1.72. The van der Waals surface area contributed by atoms with Crippen molar-refractivity contribution in [2.75, 3.05) is 40.4 Å². The van der Waals surface area contributed by atoms with E-state index in [1.807, 2.05) is 24.1 Å². The number of hydrogen-bond acceptors (Lipinski definition) is 5. The van der Waals surface area contributed by atoms with E-state index >= 15 is 0 Å². The van der Waals surface area contributed by atoms with Crippen molar-refractivity contribution in [2.45, 2.75) is 11.5 Å². The molecule has 1 N–H and O–H groups in total. The number of benzene rings is 1. The number of aryl methyl sites for hydroxylation is 1. The van der Waals surface area contributed by atoms with E-state index in [2.05, 4.69) is 27.6 Å². The lowest BCUT2D eigenvalue weighted by Crippen LogP contribution is -2.66. The minimum atomic E-state index is -0.410. The molecule has 1 atom stereocenters. The average molecular weight is 406 g/mol. The Hall–Kier alpha value is -2.90. The number of likely N-dealkylation sites (tertiary alicyclic amines) is 1. The first kappa shape index (κ1) is 19.1. The normalized spacial score (nSPS) is 20.3. The molecule has 1 saturated heterocycles. The van der Waals surface area contributed by atoms with Crippen LogP contribution in [0.15, 0.2) is 42.7 Å². The molecule has 1 fully saturated rings. The van der Waals surface area contributed by atoms with Crippen LogP contribution < -0.4 is 4.74 Å². The van der Waals surface area contributed by atoms with Crippen molar-refractivity contribution in [3.63, 3.8) is 0 Å². The summed E-state index contributed by atoms with van der Waals surface area (Å²) in [4.78, 5) is 21.7. The predicted octanol–water partition coefficient (Wildman–Crippen LogP) is 1.95. The molecule has 30 heavy (non-hydrogen) atoms. The molecule has 7 heteroatoms. The Kier molecular flexibility index (Phi) is 4.34. The Bertz CT molecular complexity index is 1120. The molecule has 156 valence electrons. The average Bonchev–Trinajstić information content (AvgIpc) is 3.05. The Morgan fingerprint density at radius 3 is 2.70 bits per heavy atom. The van der Waals surface area contributed by atoms with Crippen LogP contribution in [0.5, 0.6) is 5.75 Å². The Morgan fingerprint density at radius 2 is 2.07 bits per heavy atom. The number of hydrogen-bond donors (Lipinski definition) is 1. The summed E-state index contributed by atoms with van der Waals surface area (Å²) in [5, 5.41) is 11.6. The van der Waals surface area contributed by atoms with Crippen LogP contribution in [0.1, 0.15) is 27.7 Å². The third-order valence-electron chi connectivity index (χ3n) is 6.64. The maximum absolute atomic E-state index is 13.4. The van der Waals surface area contributed by atoms with Crippen LogP contribution in [0.25, 0.3) is 10.9 Å². The van der Waals surface area contributed by atoms with E-state index in [9.17, 15) is 9.90 Å². The fourth-order valence-electron chi connectivity index (χ4n) is 5.47. The van der Waals surface area contributed by atoms with Gasteiger partial charge in [0.05, 0.1) is 30.8 Å². The summed E-state index contributed by atoms with van der Waals surface area (Å²) < 4.78 is 7.57. The number of aliphatic hydroxyl groups excluding tert-OH is 1. The fourth-order valence-corrected chi connectivity index (χ4v) is 5.47. The number of methoxy groups -OCH3 is 1. The topological polar surface area (TPSA) is 70.8 Å². The summed E-state index contributed by atoms with van der Waals surface area (Å²) in [5.74, 6) is 0.702. The van der Waals surface area contributed by atoms with E-state index in [1.165, 1.54) is 10.9 Å². The van der Waals surface area contributed by atoms with Gasteiger partial charge in [0.15, 0.2) is 0 Å². The maximum atomic E-state index is 13.4. The molecule has 2 aromatic heterocycles. The SMILES string of the molecule is COc1ccc2c3c(n(C)c2c1)[C@H](CO)N(C(=O)c1cccnc1)CC31CN(C)C1. The van der Waals surface area contributed by atoms with Gasteiger partial charge in [0.25, 0.3) is 5.91 Å². The number of amides is 1. The molecule has 1 amide bonds. The minimum absolute atomic E-state index is 0.0930. The Morgan fingerprint density at radius 1 is 1.27 bits per heavy atom. The number of aromatic nitrogens is 2. The van der Waals surface area contributed by atoms with Crippen LogP contribution in [-0.2, 0) is 12.5 Å². The highest BCUT2D eigenvalue weighted by Gasteiger charge is 2.53. The van der Waals surface area contributed by atoms with Crippen LogP contribution in [0.2, 0.25) is 0 Å². The summed E-state index contributed by atoms with van der Waals surface area (Å²) in [5.41, 5.74) is 3.72. The molecular formula is C23H26N4O3. The van der Waals surface area contributed by atoms with E-state index in [1.54, 1.807) is 31.6 Å². The molecule has 3 aromatic rings. The second-order valence-electron chi connectivity index (χ2n) is 8.53. The molecule has 5 rings (SSSR count). The second kappa shape index (κ2) is 6.82. The lowest BCUT2D eigenvalue weighted by Gasteiger charge is -2.55. The number of rotatable bonds is 3. The van der Waals surface area contributed by atoms with E-state index in [0.29, 0.717) is 12.1 Å². The first-order valence-corrected chi connectivity index (χ1v) is 10.2. The first-order valence-electron chi connectivity index (χ1n) is 10.2. The van der Waals surface area contributed by atoms with Crippen molar-refractivity contribution >= 4 is 16.8 Å². The molecule has 2 aliphatic heterocycles. The third-order valence-corrected chi connectivity index (χ3v) is 6.64. The van der Waals surface area contributed by atoms with Crippen molar-refractivity contribution in [1.82, 2.24) is 19.4 Å². The number of fused-ring (bicyclic) bond motifs is 4. The summed E-state index contributed by atoms with van der Waals surface area (Å²) in [6.07, 6.45) is 3.26. The zero-order valence-electron chi connectivity index (χ0n) is 17.5. The second-order valence-corrected chi connectivity index (χ2v) is 8.53. The molecule has 0 unspecified atom stereocenters. The molecule has 0 saturated carbocycles. The molecule has 2 aliphatic rings. The number of pyridine rings is 1. The number of carbonyl (C=O) groups is 1. The van der Waals surface area contributed by atoms with Gasteiger partial charge in [-0.3, -0.25) is 9.78 Å². The van der Waals surface area contributed by atoms with Crippen LogP contribution in [0, 0.1) is 0 Å². The van der Waals surface area contributed by atoms with Crippen LogP contribution in [-0.4, -0.2) is 70.8 Å². The summed E-state index contributed by atoms with van der Waals surface area (Å²) in [6.45, 7) is 2.20. The van der Waals surface area contributed by atoms with Gasteiger partial charge < -0.3 is 24.2 Å². The number of aliphatic hydroxyl groups is 1. The smallest absolute Gasteiger partial charge is 0.256 e. The lowest BCUT2D eigenvalue weighted by molar-refractivity contribution is 0.00867. The molecule has 0 aliphatic carbocycles. The van der Waals surface area contributed by atoms with E-state index in [4.69, 9.17) is 4.74 Å². The monoisotopic (exact) mass is 406 g/mol. The fraction of sp³-hybridized carbons (Fsp3) is 0.391. The highest BCUT2D eigenvalue weighted by atomic mass is 16.5.